The lowest BCUT2D eigenvalue weighted by atomic mass is 10.1. The fourth-order valence-electron chi connectivity index (χ4n) is 2.26. The van der Waals surface area contributed by atoms with Gasteiger partial charge in [0, 0.05) is 25.1 Å². The zero-order valence-corrected chi connectivity index (χ0v) is 10.4. The first-order chi connectivity index (χ1) is 8.13. The maximum absolute atomic E-state index is 9.35. The largest absolute Gasteiger partial charge is 0.396 e. The molecule has 0 radical (unpaired) electrons. The molecule has 1 aliphatic rings. The first-order valence-electron chi connectivity index (χ1n) is 5.63. The van der Waals surface area contributed by atoms with Crippen LogP contribution in [0.5, 0.6) is 0 Å². The van der Waals surface area contributed by atoms with Gasteiger partial charge in [-0.05, 0) is 13.3 Å². The Kier molecular flexibility index (Phi) is 3.81. The van der Waals surface area contributed by atoms with E-state index in [1.807, 2.05) is 4.90 Å². The lowest BCUT2D eigenvalue weighted by Crippen LogP contribution is -2.33. The van der Waals surface area contributed by atoms with Crippen molar-refractivity contribution in [3.8, 4) is 0 Å². The van der Waals surface area contributed by atoms with Crippen molar-refractivity contribution in [1.82, 2.24) is 9.97 Å². The minimum absolute atomic E-state index is 0.00230. The number of aliphatic hydroxyl groups is 2. The lowest BCUT2D eigenvalue weighted by molar-refractivity contribution is 0.224. The maximum atomic E-state index is 9.35. The van der Waals surface area contributed by atoms with Crippen molar-refractivity contribution in [2.24, 2.45) is 5.92 Å². The van der Waals surface area contributed by atoms with Gasteiger partial charge in [0.25, 0.3) is 0 Å². The predicted octanol–water partition coefficient (Wildman–Crippen LogP) is 0.618. The van der Waals surface area contributed by atoms with E-state index in [9.17, 15) is 10.2 Å². The molecule has 17 heavy (non-hydrogen) atoms. The van der Waals surface area contributed by atoms with Crippen molar-refractivity contribution in [3.63, 3.8) is 0 Å². The molecule has 0 aliphatic carbocycles. The molecule has 6 heteroatoms. The summed E-state index contributed by atoms with van der Waals surface area (Å²) in [4.78, 5) is 10.3. The SMILES string of the molecule is Cc1nc(Cl)cc(N2CC(CO)CC2CO)n1. The molecule has 1 saturated heterocycles. The van der Waals surface area contributed by atoms with Crippen molar-refractivity contribution >= 4 is 17.4 Å². The highest BCUT2D eigenvalue weighted by Crippen LogP contribution is 2.28. The van der Waals surface area contributed by atoms with Crippen molar-refractivity contribution in [2.75, 3.05) is 24.7 Å². The predicted molar refractivity (Wildman–Crippen MR) is 65.2 cm³/mol. The van der Waals surface area contributed by atoms with Gasteiger partial charge in [0.15, 0.2) is 0 Å². The summed E-state index contributed by atoms with van der Waals surface area (Å²) in [6, 6.07) is 1.69. The second-order valence-corrected chi connectivity index (χ2v) is 4.76. The molecule has 2 unspecified atom stereocenters. The molecule has 5 nitrogen and oxygen atoms in total. The van der Waals surface area contributed by atoms with E-state index >= 15 is 0 Å². The number of nitrogens with zero attached hydrogens (tertiary/aromatic N) is 3. The average Bonchev–Trinajstić information content (AvgIpc) is 2.70. The number of hydrogen-bond acceptors (Lipinski definition) is 5. The van der Waals surface area contributed by atoms with E-state index in [1.165, 1.54) is 0 Å². The molecule has 1 aromatic rings. The first-order valence-corrected chi connectivity index (χ1v) is 6.01. The van der Waals surface area contributed by atoms with Crippen molar-refractivity contribution in [1.29, 1.82) is 0 Å². The van der Waals surface area contributed by atoms with Crippen molar-refractivity contribution < 1.29 is 10.2 Å². The van der Waals surface area contributed by atoms with Gasteiger partial charge in [0.1, 0.15) is 16.8 Å². The fourth-order valence-corrected chi connectivity index (χ4v) is 2.48. The third kappa shape index (κ3) is 2.68. The third-order valence-electron chi connectivity index (χ3n) is 3.06. The normalized spacial score (nSPS) is 24.4. The van der Waals surface area contributed by atoms with Gasteiger partial charge < -0.3 is 15.1 Å². The average molecular weight is 258 g/mol. The summed E-state index contributed by atoms with van der Waals surface area (Å²) in [5, 5.41) is 18.9. The Labute approximate surface area is 105 Å². The van der Waals surface area contributed by atoms with Gasteiger partial charge in [-0.1, -0.05) is 11.6 Å². The summed E-state index contributed by atoms with van der Waals surface area (Å²) in [6.45, 7) is 2.65. The van der Waals surface area contributed by atoms with Gasteiger partial charge in [0.2, 0.25) is 0 Å². The van der Waals surface area contributed by atoms with Gasteiger partial charge in [-0.2, -0.15) is 0 Å². The minimum atomic E-state index is -0.00230. The van der Waals surface area contributed by atoms with E-state index in [1.54, 1.807) is 13.0 Å². The second-order valence-electron chi connectivity index (χ2n) is 4.37. The number of aryl methyl sites for hydroxylation is 1. The number of aromatic nitrogens is 2. The van der Waals surface area contributed by atoms with Crippen LogP contribution in [0.15, 0.2) is 6.07 Å². The van der Waals surface area contributed by atoms with E-state index in [0.29, 0.717) is 17.5 Å². The molecule has 2 N–H and O–H groups in total. The fraction of sp³-hybridized carbons (Fsp3) is 0.636. The quantitative estimate of drug-likeness (QED) is 0.777. The molecule has 2 atom stereocenters. The zero-order valence-electron chi connectivity index (χ0n) is 9.67. The summed E-state index contributed by atoms with van der Waals surface area (Å²) in [5.74, 6) is 1.51. The molecule has 1 aliphatic heterocycles. The van der Waals surface area contributed by atoms with Gasteiger partial charge in [-0.25, -0.2) is 9.97 Å². The Balaban J connectivity index is 2.25. The summed E-state index contributed by atoms with van der Waals surface area (Å²) in [5.41, 5.74) is 0. The van der Waals surface area contributed by atoms with Crippen LogP contribution in [0.25, 0.3) is 0 Å². The smallest absolute Gasteiger partial charge is 0.134 e. The third-order valence-corrected chi connectivity index (χ3v) is 3.25. The standard InChI is InChI=1S/C11H16ClN3O2/c1-7-13-10(12)3-11(14-7)15-4-8(5-16)2-9(15)6-17/h3,8-9,16-17H,2,4-6H2,1H3. The van der Waals surface area contributed by atoms with Crippen LogP contribution in [-0.2, 0) is 0 Å². The maximum Gasteiger partial charge on any atom is 0.134 e. The van der Waals surface area contributed by atoms with Crippen LogP contribution < -0.4 is 4.90 Å². The molecular formula is C11H16ClN3O2. The Morgan fingerprint density at radius 1 is 1.41 bits per heavy atom. The number of rotatable bonds is 3. The molecule has 2 rings (SSSR count). The molecule has 0 spiro atoms. The first kappa shape index (κ1) is 12.5. The highest BCUT2D eigenvalue weighted by atomic mass is 35.5. The second kappa shape index (κ2) is 5.16. The Hall–Kier alpha value is -0.910. The molecule has 1 aromatic heterocycles. The van der Waals surface area contributed by atoms with Crippen molar-refractivity contribution in [2.45, 2.75) is 19.4 Å². The highest BCUT2D eigenvalue weighted by molar-refractivity contribution is 6.29. The summed E-state index contributed by atoms with van der Waals surface area (Å²) in [6.07, 6.45) is 0.771. The number of anilines is 1. The Morgan fingerprint density at radius 3 is 2.76 bits per heavy atom. The van der Waals surface area contributed by atoms with Gasteiger partial charge >= 0.3 is 0 Å². The van der Waals surface area contributed by atoms with Crippen LogP contribution >= 0.6 is 11.6 Å². The highest BCUT2D eigenvalue weighted by Gasteiger charge is 2.32. The van der Waals surface area contributed by atoms with Crippen LogP contribution in [-0.4, -0.2) is 46.0 Å². The van der Waals surface area contributed by atoms with E-state index in [2.05, 4.69) is 9.97 Å². The number of halogens is 1. The van der Waals surface area contributed by atoms with E-state index < -0.39 is 0 Å². The molecule has 0 saturated carbocycles. The van der Waals surface area contributed by atoms with Crippen LogP contribution in [0.2, 0.25) is 5.15 Å². The van der Waals surface area contributed by atoms with E-state index in [0.717, 1.165) is 12.2 Å². The summed E-state index contributed by atoms with van der Waals surface area (Å²) >= 11 is 5.90. The van der Waals surface area contributed by atoms with Crippen LogP contribution in [0.3, 0.4) is 0 Å². The topological polar surface area (TPSA) is 69.5 Å². The van der Waals surface area contributed by atoms with Gasteiger partial charge in [-0.15, -0.1) is 0 Å². The lowest BCUT2D eigenvalue weighted by Gasteiger charge is -2.24. The summed E-state index contributed by atoms with van der Waals surface area (Å²) < 4.78 is 0. The minimum Gasteiger partial charge on any atom is -0.396 e. The number of aliphatic hydroxyl groups excluding tert-OH is 2. The van der Waals surface area contributed by atoms with Crippen LogP contribution in [0, 0.1) is 12.8 Å². The van der Waals surface area contributed by atoms with Gasteiger partial charge in [0.05, 0.1) is 12.6 Å². The monoisotopic (exact) mass is 257 g/mol. The zero-order chi connectivity index (χ0) is 12.4. The van der Waals surface area contributed by atoms with E-state index in [-0.39, 0.29) is 25.2 Å². The van der Waals surface area contributed by atoms with E-state index in [4.69, 9.17) is 11.6 Å². The molecule has 0 amide bonds. The van der Waals surface area contributed by atoms with Gasteiger partial charge in [-0.3, -0.25) is 0 Å². The van der Waals surface area contributed by atoms with Crippen molar-refractivity contribution in [3.05, 3.63) is 17.0 Å². The van der Waals surface area contributed by atoms with Crippen LogP contribution in [0.4, 0.5) is 5.82 Å². The molecule has 1 fully saturated rings. The molecule has 94 valence electrons. The molecule has 0 aromatic carbocycles. The summed E-state index contributed by atoms with van der Waals surface area (Å²) in [7, 11) is 0. The molecular weight excluding hydrogens is 242 g/mol. The molecule has 0 bridgehead atoms. The number of hydrogen-bond donors (Lipinski definition) is 2. The Morgan fingerprint density at radius 2 is 2.18 bits per heavy atom. The van der Waals surface area contributed by atoms with Crippen LogP contribution in [0.1, 0.15) is 12.2 Å². The molecule has 2 heterocycles. The Bertz CT molecular complexity index is 382.